The first kappa shape index (κ1) is 26.2. The van der Waals surface area contributed by atoms with Gasteiger partial charge in [-0.15, -0.1) is 0 Å². The Bertz CT molecular complexity index is 2510. The van der Waals surface area contributed by atoms with E-state index < -0.39 is 0 Å². The molecule has 0 saturated heterocycles. The standard InChI is InChI=1S/C43H28N2O/c1-2-12-33(13-3-1)45(34-22-17-31(18-23-34)37-16-8-11-29-9-4-6-14-36(29)37)35-24-19-32(20-25-35)40-27-26-39-42-38-15-7-5-10-30(38)21-28-41(42)46-43(39)44-40/h1-28H. The molecule has 0 spiro atoms. The number of aromatic nitrogens is 1. The summed E-state index contributed by atoms with van der Waals surface area (Å²) in [7, 11) is 0. The van der Waals surface area contributed by atoms with Crippen molar-refractivity contribution in [2.45, 2.75) is 0 Å². The van der Waals surface area contributed by atoms with Crippen molar-refractivity contribution in [3.05, 3.63) is 170 Å². The van der Waals surface area contributed by atoms with E-state index in [9.17, 15) is 0 Å². The first-order valence-corrected chi connectivity index (χ1v) is 15.5. The summed E-state index contributed by atoms with van der Waals surface area (Å²) in [5.74, 6) is 0. The Morgan fingerprint density at radius 1 is 0.413 bits per heavy atom. The van der Waals surface area contributed by atoms with Crippen molar-refractivity contribution in [1.82, 2.24) is 4.98 Å². The van der Waals surface area contributed by atoms with Gasteiger partial charge in [-0.3, -0.25) is 0 Å². The molecule has 0 aliphatic carbocycles. The molecular weight excluding hydrogens is 560 g/mol. The lowest BCUT2D eigenvalue weighted by molar-refractivity contribution is 0.655. The highest BCUT2D eigenvalue weighted by atomic mass is 16.3. The molecule has 0 aliphatic rings. The van der Waals surface area contributed by atoms with Gasteiger partial charge in [-0.2, -0.15) is 0 Å². The fourth-order valence-electron chi connectivity index (χ4n) is 6.66. The van der Waals surface area contributed by atoms with Gasteiger partial charge < -0.3 is 9.32 Å². The van der Waals surface area contributed by atoms with E-state index in [0.717, 1.165) is 44.7 Å². The summed E-state index contributed by atoms with van der Waals surface area (Å²) < 4.78 is 6.25. The number of pyridine rings is 1. The Balaban J connectivity index is 1.08. The molecule has 3 nitrogen and oxygen atoms in total. The molecule has 216 valence electrons. The van der Waals surface area contributed by atoms with Gasteiger partial charge in [0.25, 0.3) is 0 Å². The van der Waals surface area contributed by atoms with E-state index in [-0.39, 0.29) is 0 Å². The Labute approximate surface area is 266 Å². The van der Waals surface area contributed by atoms with E-state index in [2.05, 4.69) is 169 Å². The van der Waals surface area contributed by atoms with Crippen molar-refractivity contribution >= 4 is 60.7 Å². The van der Waals surface area contributed by atoms with Crippen LogP contribution in [0.15, 0.2) is 174 Å². The lowest BCUT2D eigenvalue weighted by atomic mass is 9.98. The second-order valence-electron chi connectivity index (χ2n) is 11.6. The van der Waals surface area contributed by atoms with E-state index in [1.54, 1.807) is 0 Å². The lowest BCUT2D eigenvalue weighted by Gasteiger charge is -2.26. The van der Waals surface area contributed by atoms with Crippen molar-refractivity contribution in [1.29, 1.82) is 0 Å². The van der Waals surface area contributed by atoms with Crippen LogP contribution in [-0.4, -0.2) is 4.98 Å². The number of rotatable bonds is 5. The normalized spacial score (nSPS) is 11.5. The summed E-state index contributed by atoms with van der Waals surface area (Å²) >= 11 is 0. The fourth-order valence-corrected chi connectivity index (χ4v) is 6.66. The monoisotopic (exact) mass is 588 g/mol. The third kappa shape index (κ3) is 4.41. The number of benzene rings is 7. The minimum atomic E-state index is 0.658. The van der Waals surface area contributed by atoms with Gasteiger partial charge in [0.1, 0.15) is 5.58 Å². The van der Waals surface area contributed by atoms with Crippen LogP contribution >= 0.6 is 0 Å². The predicted octanol–water partition coefficient (Wildman–Crippen LogP) is 12.1. The maximum absolute atomic E-state index is 6.25. The molecule has 9 rings (SSSR count). The van der Waals surface area contributed by atoms with Crippen LogP contribution in [0.3, 0.4) is 0 Å². The third-order valence-corrected chi connectivity index (χ3v) is 8.89. The number of fused-ring (bicyclic) bond motifs is 6. The van der Waals surface area contributed by atoms with Crippen LogP contribution in [0, 0.1) is 0 Å². The van der Waals surface area contributed by atoms with Gasteiger partial charge in [0, 0.05) is 33.4 Å². The number of para-hydroxylation sites is 1. The molecule has 0 bridgehead atoms. The van der Waals surface area contributed by atoms with Crippen LogP contribution in [0.4, 0.5) is 17.1 Å². The Morgan fingerprint density at radius 3 is 1.78 bits per heavy atom. The van der Waals surface area contributed by atoms with Gasteiger partial charge in [-0.25, -0.2) is 4.98 Å². The predicted molar refractivity (Wildman–Crippen MR) is 192 cm³/mol. The quantitative estimate of drug-likeness (QED) is 0.200. The van der Waals surface area contributed by atoms with Crippen LogP contribution in [0.25, 0.3) is 66.0 Å². The van der Waals surface area contributed by atoms with Gasteiger partial charge in [0.05, 0.1) is 5.69 Å². The van der Waals surface area contributed by atoms with Crippen molar-refractivity contribution in [2.24, 2.45) is 0 Å². The minimum absolute atomic E-state index is 0.658. The summed E-state index contributed by atoms with van der Waals surface area (Å²) in [4.78, 5) is 7.25. The van der Waals surface area contributed by atoms with E-state index in [0.29, 0.717) is 5.71 Å². The molecule has 0 unspecified atom stereocenters. The van der Waals surface area contributed by atoms with Crippen LogP contribution in [0.2, 0.25) is 0 Å². The zero-order valence-electron chi connectivity index (χ0n) is 25.0. The van der Waals surface area contributed by atoms with Gasteiger partial charge >= 0.3 is 0 Å². The molecule has 0 fully saturated rings. The highest BCUT2D eigenvalue weighted by molar-refractivity contribution is 6.18. The average Bonchev–Trinajstić information content (AvgIpc) is 3.51. The SMILES string of the molecule is c1ccc(N(c2ccc(-c3ccc4c(n3)oc3ccc5ccccc5c34)cc2)c2ccc(-c3cccc4ccccc34)cc2)cc1. The van der Waals surface area contributed by atoms with Crippen LogP contribution < -0.4 is 4.90 Å². The summed E-state index contributed by atoms with van der Waals surface area (Å²) in [5.41, 5.74) is 9.14. The molecule has 2 heterocycles. The molecule has 46 heavy (non-hydrogen) atoms. The average molecular weight is 589 g/mol. The van der Waals surface area contributed by atoms with Gasteiger partial charge in [-0.05, 0) is 87.3 Å². The maximum Gasteiger partial charge on any atom is 0.227 e. The summed E-state index contributed by atoms with van der Waals surface area (Å²) in [6, 6.07) is 59.8. The molecule has 0 amide bonds. The van der Waals surface area contributed by atoms with Crippen molar-refractivity contribution in [3.63, 3.8) is 0 Å². The largest absolute Gasteiger partial charge is 0.438 e. The van der Waals surface area contributed by atoms with E-state index in [1.807, 2.05) is 6.07 Å². The van der Waals surface area contributed by atoms with Gasteiger partial charge in [0.15, 0.2) is 0 Å². The van der Waals surface area contributed by atoms with Crippen molar-refractivity contribution in [2.75, 3.05) is 4.90 Å². The first-order chi connectivity index (χ1) is 22.8. The fraction of sp³-hybridized carbons (Fsp3) is 0. The molecule has 0 saturated carbocycles. The molecular formula is C43H28N2O. The number of anilines is 3. The van der Waals surface area contributed by atoms with Gasteiger partial charge in [0.2, 0.25) is 5.71 Å². The Hall–Kier alpha value is -6.19. The third-order valence-electron chi connectivity index (χ3n) is 8.89. The van der Waals surface area contributed by atoms with Crippen LogP contribution in [0.1, 0.15) is 0 Å². The maximum atomic E-state index is 6.25. The highest BCUT2D eigenvalue weighted by Crippen LogP contribution is 2.38. The molecule has 0 aliphatic heterocycles. The zero-order chi connectivity index (χ0) is 30.5. The molecule has 0 N–H and O–H groups in total. The van der Waals surface area contributed by atoms with E-state index in [4.69, 9.17) is 9.40 Å². The summed E-state index contributed by atoms with van der Waals surface area (Å²) in [6.07, 6.45) is 0. The summed E-state index contributed by atoms with van der Waals surface area (Å²) in [6.45, 7) is 0. The van der Waals surface area contributed by atoms with E-state index in [1.165, 1.54) is 32.7 Å². The Kier molecular flexibility index (Phi) is 6.14. The first-order valence-electron chi connectivity index (χ1n) is 15.5. The second kappa shape index (κ2) is 10.8. The smallest absolute Gasteiger partial charge is 0.227 e. The molecule has 3 heteroatoms. The highest BCUT2D eigenvalue weighted by Gasteiger charge is 2.15. The van der Waals surface area contributed by atoms with E-state index >= 15 is 0 Å². The van der Waals surface area contributed by atoms with Crippen molar-refractivity contribution < 1.29 is 4.42 Å². The molecule has 9 aromatic rings. The Morgan fingerprint density at radius 2 is 1.02 bits per heavy atom. The second-order valence-corrected chi connectivity index (χ2v) is 11.6. The molecule has 7 aromatic carbocycles. The lowest BCUT2D eigenvalue weighted by Crippen LogP contribution is -2.09. The number of hydrogen-bond donors (Lipinski definition) is 0. The molecule has 2 aromatic heterocycles. The molecule has 0 radical (unpaired) electrons. The zero-order valence-corrected chi connectivity index (χ0v) is 25.0. The topological polar surface area (TPSA) is 29.3 Å². The molecule has 0 atom stereocenters. The van der Waals surface area contributed by atoms with Crippen LogP contribution in [0.5, 0.6) is 0 Å². The van der Waals surface area contributed by atoms with Crippen molar-refractivity contribution in [3.8, 4) is 22.4 Å². The number of furan rings is 1. The van der Waals surface area contributed by atoms with Gasteiger partial charge in [-0.1, -0.05) is 115 Å². The number of nitrogens with zero attached hydrogens (tertiary/aromatic N) is 2. The van der Waals surface area contributed by atoms with Crippen LogP contribution in [-0.2, 0) is 0 Å². The summed E-state index contributed by atoms with van der Waals surface area (Å²) in [5, 5.41) is 7.04. The number of hydrogen-bond acceptors (Lipinski definition) is 3. The minimum Gasteiger partial charge on any atom is -0.438 e.